The zero-order valence-electron chi connectivity index (χ0n) is 13.4. The Bertz CT molecular complexity index is 661. The number of hydrogen-bond donors (Lipinski definition) is 1. The van der Waals surface area contributed by atoms with Gasteiger partial charge in [0.1, 0.15) is 0 Å². The third kappa shape index (κ3) is 3.71. The molecule has 0 saturated carbocycles. The smallest absolute Gasteiger partial charge is 0.255 e. The molecule has 1 N–H and O–H groups in total. The van der Waals surface area contributed by atoms with E-state index in [-0.39, 0.29) is 5.91 Å². The van der Waals surface area contributed by atoms with E-state index in [1.165, 1.54) is 12.8 Å². The molecule has 1 heterocycles. The van der Waals surface area contributed by atoms with E-state index < -0.39 is 0 Å². The second-order valence-electron chi connectivity index (χ2n) is 5.80. The van der Waals surface area contributed by atoms with Gasteiger partial charge in [-0.05, 0) is 42.7 Å². The van der Waals surface area contributed by atoms with Crippen molar-refractivity contribution in [1.82, 2.24) is 0 Å². The number of methoxy groups -OCH3 is 1. The van der Waals surface area contributed by atoms with Gasteiger partial charge in [0, 0.05) is 25.8 Å². The minimum atomic E-state index is -0.0828. The van der Waals surface area contributed by atoms with E-state index >= 15 is 0 Å². The number of rotatable bonds is 5. The highest BCUT2D eigenvalue weighted by Gasteiger charge is 2.16. The van der Waals surface area contributed by atoms with Gasteiger partial charge in [-0.25, -0.2) is 0 Å². The normalized spacial score (nSPS) is 14.0. The van der Waals surface area contributed by atoms with Crippen LogP contribution in [-0.4, -0.2) is 26.1 Å². The molecule has 0 aliphatic carbocycles. The largest absolute Gasteiger partial charge is 0.380 e. The van der Waals surface area contributed by atoms with E-state index in [9.17, 15) is 4.79 Å². The van der Waals surface area contributed by atoms with Gasteiger partial charge in [-0.2, -0.15) is 0 Å². The van der Waals surface area contributed by atoms with E-state index in [4.69, 9.17) is 4.74 Å². The quantitative estimate of drug-likeness (QED) is 0.916. The molecule has 0 bridgehead atoms. The molecule has 23 heavy (non-hydrogen) atoms. The third-order valence-electron chi connectivity index (χ3n) is 4.13. The summed E-state index contributed by atoms with van der Waals surface area (Å²) < 4.78 is 5.09. The molecule has 4 nitrogen and oxygen atoms in total. The molecule has 2 aromatic carbocycles. The summed E-state index contributed by atoms with van der Waals surface area (Å²) in [5, 5.41) is 3.04. The van der Waals surface area contributed by atoms with E-state index in [0.29, 0.717) is 12.2 Å². The monoisotopic (exact) mass is 310 g/mol. The lowest BCUT2D eigenvalue weighted by atomic mass is 10.1. The molecule has 2 aromatic rings. The lowest BCUT2D eigenvalue weighted by Crippen LogP contribution is -2.21. The number of carbonyl (C=O) groups is 1. The fourth-order valence-electron chi connectivity index (χ4n) is 2.93. The van der Waals surface area contributed by atoms with Gasteiger partial charge in [0.15, 0.2) is 0 Å². The fourth-order valence-corrected chi connectivity index (χ4v) is 2.93. The summed E-state index contributed by atoms with van der Waals surface area (Å²) in [4.78, 5) is 14.8. The van der Waals surface area contributed by atoms with Crippen LogP contribution in [0.4, 0.5) is 11.4 Å². The Hall–Kier alpha value is -2.33. The van der Waals surface area contributed by atoms with Crippen LogP contribution in [0, 0.1) is 0 Å². The summed E-state index contributed by atoms with van der Waals surface area (Å²) in [6.07, 6.45) is 2.42. The molecule has 120 valence electrons. The molecule has 0 aromatic heterocycles. The summed E-state index contributed by atoms with van der Waals surface area (Å²) >= 11 is 0. The fraction of sp³-hybridized carbons (Fsp3) is 0.316. The first kappa shape index (κ1) is 15.6. The van der Waals surface area contributed by atoms with E-state index in [2.05, 4.69) is 16.3 Å². The molecule has 0 radical (unpaired) electrons. The molecule has 1 amide bonds. The number of anilines is 2. The van der Waals surface area contributed by atoms with Crippen LogP contribution in [0.3, 0.4) is 0 Å². The molecule has 0 spiro atoms. The maximum atomic E-state index is 12.5. The minimum Gasteiger partial charge on any atom is -0.380 e. The first-order chi connectivity index (χ1) is 11.3. The van der Waals surface area contributed by atoms with Crippen molar-refractivity contribution in [2.75, 3.05) is 30.4 Å². The van der Waals surface area contributed by atoms with Crippen molar-refractivity contribution in [1.29, 1.82) is 0 Å². The van der Waals surface area contributed by atoms with Crippen LogP contribution >= 0.6 is 0 Å². The van der Waals surface area contributed by atoms with E-state index in [1.54, 1.807) is 7.11 Å². The lowest BCUT2D eigenvalue weighted by molar-refractivity contribution is 0.102. The Kier molecular flexibility index (Phi) is 4.93. The molecule has 1 saturated heterocycles. The highest BCUT2D eigenvalue weighted by molar-refractivity contribution is 6.06. The van der Waals surface area contributed by atoms with Crippen LogP contribution in [0.15, 0.2) is 48.5 Å². The molecule has 0 atom stereocenters. The number of nitrogens with one attached hydrogen (secondary N) is 1. The van der Waals surface area contributed by atoms with Crippen LogP contribution < -0.4 is 10.2 Å². The zero-order valence-corrected chi connectivity index (χ0v) is 13.4. The van der Waals surface area contributed by atoms with Crippen LogP contribution in [0.5, 0.6) is 0 Å². The average Bonchev–Trinajstić information content (AvgIpc) is 3.10. The Morgan fingerprint density at radius 1 is 1.09 bits per heavy atom. The van der Waals surface area contributed by atoms with Gasteiger partial charge in [-0.3, -0.25) is 4.79 Å². The standard InChI is InChI=1S/C19H22N2O2/c1-23-14-15-8-10-16(11-9-15)19(22)20-17-6-2-3-7-18(17)21-12-4-5-13-21/h2-3,6-11H,4-5,12-14H2,1H3,(H,20,22). The van der Waals surface area contributed by atoms with Gasteiger partial charge in [-0.15, -0.1) is 0 Å². The van der Waals surface area contributed by atoms with Crippen LogP contribution in [-0.2, 0) is 11.3 Å². The van der Waals surface area contributed by atoms with Gasteiger partial charge in [-0.1, -0.05) is 24.3 Å². The van der Waals surface area contributed by atoms with Crippen molar-refractivity contribution in [3.05, 3.63) is 59.7 Å². The molecule has 1 fully saturated rings. The van der Waals surface area contributed by atoms with Crippen molar-refractivity contribution < 1.29 is 9.53 Å². The second-order valence-corrected chi connectivity index (χ2v) is 5.80. The summed E-state index contributed by atoms with van der Waals surface area (Å²) in [5.74, 6) is -0.0828. The summed E-state index contributed by atoms with van der Waals surface area (Å²) in [7, 11) is 1.66. The highest BCUT2D eigenvalue weighted by Crippen LogP contribution is 2.29. The van der Waals surface area contributed by atoms with E-state index in [0.717, 1.165) is 30.0 Å². The maximum Gasteiger partial charge on any atom is 0.255 e. The summed E-state index contributed by atoms with van der Waals surface area (Å²) in [5.41, 5.74) is 3.69. The van der Waals surface area contributed by atoms with Crippen molar-refractivity contribution in [2.45, 2.75) is 19.4 Å². The lowest BCUT2D eigenvalue weighted by Gasteiger charge is -2.21. The molecule has 3 rings (SSSR count). The summed E-state index contributed by atoms with van der Waals surface area (Å²) in [6, 6.07) is 15.5. The number of nitrogens with zero attached hydrogens (tertiary/aromatic N) is 1. The van der Waals surface area contributed by atoms with Gasteiger partial charge in [0.2, 0.25) is 0 Å². The van der Waals surface area contributed by atoms with Crippen LogP contribution in [0.2, 0.25) is 0 Å². The zero-order chi connectivity index (χ0) is 16.1. The number of para-hydroxylation sites is 2. The predicted molar refractivity (Wildman–Crippen MR) is 93.0 cm³/mol. The molecular formula is C19H22N2O2. The number of carbonyl (C=O) groups excluding carboxylic acids is 1. The van der Waals surface area contributed by atoms with E-state index in [1.807, 2.05) is 42.5 Å². The Morgan fingerprint density at radius 2 is 1.78 bits per heavy atom. The third-order valence-corrected chi connectivity index (χ3v) is 4.13. The Balaban J connectivity index is 1.75. The maximum absolute atomic E-state index is 12.5. The number of amides is 1. The Morgan fingerprint density at radius 3 is 2.48 bits per heavy atom. The molecule has 1 aliphatic rings. The SMILES string of the molecule is COCc1ccc(C(=O)Nc2ccccc2N2CCCC2)cc1. The van der Waals surface area contributed by atoms with Gasteiger partial charge >= 0.3 is 0 Å². The first-order valence-electron chi connectivity index (χ1n) is 8.01. The summed E-state index contributed by atoms with van der Waals surface area (Å²) in [6.45, 7) is 2.66. The van der Waals surface area contributed by atoms with Crippen LogP contribution in [0.1, 0.15) is 28.8 Å². The minimum absolute atomic E-state index is 0.0828. The van der Waals surface area contributed by atoms with Gasteiger partial charge in [0.05, 0.1) is 18.0 Å². The average molecular weight is 310 g/mol. The van der Waals surface area contributed by atoms with Crippen molar-refractivity contribution in [3.8, 4) is 0 Å². The predicted octanol–water partition coefficient (Wildman–Crippen LogP) is 3.69. The van der Waals surface area contributed by atoms with Crippen molar-refractivity contribution >= 4 is 17.3 Å². The highest BCUT2D eigenvalue weighted by atomic mass is 16.5. The second kappa shape index (κ2) is 7.29. The Labute approximate surface area is 137 Å². The van der Waals surface area contributed by atoms with Crippen LogP contribution in [0.25, 0.3) is 0 Å². The number of benzene rings is 2. The van der Waals surface area contributed by atoms with Gasteiger partial charge < -0.3 is 15.0 Å². The van der Waals surface area contributed by atoms with Crippen molar-refractivity contribution in [2.24, 2.45) is 0 Å². The van der Waals surface area contributed by atoms with Crippen molar-refractivity contribution in [3.63, 3.8) is 0 Å². The number of hydrogen-bond acceptors (Lipinski definition) is 3. The molecule has 0 unspecified atom stereocenters. The molecular weight excluding hydrogens is 288 g/mol. The molecule has 4 heteroatoms. The van der Waals surface area contributed by atoms with Gasteiger partial charge in [0.25, 0.3) is 5.91 Å². The number of ether oxygens (including phenoxy) is 1. The topological polar surface area (TPSA) is 41.6 Å². The first-order valence-corrected chi connectivity index (χ1v) is 8.01. The molecule has 1 aliphatic heterocycles.